The van der Waals surface area contributed by atoms with Gasteiger partial charge in [0.2, 0.25) is 0 Å². The maximum Gasteiger partial charge on any atom is 0.147 e. The lowest BCUT2D eigenvalue weighted by atomic mass is 9.93. The van der Waals surface area contributed by atoms with Crippen LogP contribution < -0.4 is 5.32 Å². The van der Waals surface area contributed by atoms with Crippen molar-refractivity contribution in [3.63, 3.8) is 0 Å². The van der Waals surface area contributed by atoms with E-state index >= 15 is 0 Å². The molecule has 6 nitrogen and oxygen atoms in total. The molecule has 1 aromatic heterocycles. The number of hydrogen-bond acceptors (Lipinski definition) is 5. The van der Waals surface area contributed by atoms with Crippen LogP contribution >= 0.6 is 0 Å². The van der Waals surface area contributed by atoms with Crippen molar-refractivity contribution in [2.45, 2.75) is 77.1 Å². The highest BCUT2D eigenvalue weighted by molar-refractivity contribution is 4.98. The van der Waals surface area contributed by atoms with Gasteiger partial charge in [0.15, 0.2) is 0 Å². The zero-order chi connectivity index (χ0) is 17.1. The zero-order valence-corrected chi connectivity index (χ0v) is 15.6. The van der Waals surface area contributed by atoms with Gasteiger partial charge in [0.25, 0.3) is 0 Å². The summed E-state index contributed by atoms with van der Waals surface area (Å²) in [6.07, 6.45) is 9.09. The molecule has 0 spiro atoms. The van der Waals surface area contributed by atoms with E-state index < -0.39 is 0 Å². The molecule has 1 N–H and O–H groups in total. The molecule has 6 heteroatoms. The molecule has 0 bridgehead atoms. The van der Waals surface area contributed by atoms with Crippen LogP contribution in [0.25, 0.3) is 0 Å². The van der Waals surface area contributed by atoms with Crippen LogP contribution in [0.3, 0.4) is 0 Å². The Morgan fingerprint density at radius 2 is 2.08 bits per heavy atom. The standard InChI is InChI=1S/C19H33N5O/c1-15-13-23(14-16-6-5-11-25-16)10-8-17(15)20-12-19-22-21-18-7-3-2-4-9-24(18)19/h15-17,20H,2-14H2,1H3/t15-,16-,17-/m1/s1. The quantitative estimate of drug-likeness (QED) is 0.883. The van der Waals surface area contributed by atoms with Gasteiger partial charge in [-0.1, -0.05) is 13.3 Å². The van der Waals surface area contributed by atoms with Gasteiger partial charge in [0, 0.05) is 38.7 Å². The molecule has 25 heavy (non-hydrogen) atoms. The fourth-order valence-electron chi connectivity index (χ4n) is 4.68. The number of rotatable bonds is 5. The van der Waals surface area contributed by atoms with Crippen molar-refractivity contribution < 1.29 is 4.74 Å². The smallest absolute Gasteiger partial charge is 0.147 e. The monoisotopic (exact) mass is 347 g/mol. The predicted molar refractivity (Wildman–Crippen MR) is 97.4 cm³/mol. The van der Waals surface area contributed by atoms with Crippen molar-refractivity contribution in [3.8, 4) is 0 Å². The molecule has 0 aromatic carbocycles. The number of likely N-dealkylation sites (tertiary alicyclic amines) is 1. The van der Waals surface area contributed by atoms with Crippen molar-refractivity contribution in [1.82, 2.24) is 25.0 Å². The Balaban J connectivity index is 1.27. The molecule has 0 unspecified atom stereocenters. The minimum absolute atomic E-state index is 0.475. The Hall–Kier alpha value is -0.980. The summed E-state index contributed by atoms with van der Waals surface area (Å²) < 4.78 is 8.16. The number of piperidine rings is 1. The van der Waals surface area contributed by atoms with Gasteiger partial charge in [0.1, 0.15) is 11.6 Å². The lowest BCUT2D eigenvalue weighted by Crippen LogP contribution is -2.49. The van der Waals surface area contributed by atoms with Crippen LogP contribution in [-0.2, 0) is 24.2 Å². The minimum Gasteiger partial charge on any atom is -0.377 e. The number of fused-ring (bicyclic) bond motifs is 1. The van der Waals surface area contributed by atoms with Crippen LogP contribution in [0.15, 0.2) is 0 Å². The van der Waals surface area contributed by atoms with Gasteiger partial charge >= 0.3 is 0 Å². The number of aryl methyl sites for hydroxylation is 1. The first-order valence-corrected chi connectivity index (χ1v) is 10.3. The summed E-state index contributed by atoms with van der Waals surface area (Å²) in [6, 6.07) is 0.583. The molecule has 0 saturated carbocycles. The largest absolute Gasteiger partial charge is 0.377 e. The lowest BCUT2D eigenvalue weighted by molar-refractivity contribution is 0.0511. The number of nitrogens with zero attached hydrogens (tertiary/aromatic N) is 4. The number of nitrogens with one attached hydrogen (secondary N) is 1. The third-order valence-electron chi connectivity index (χ3n) is 6.18. The topological polar surface area (TPSA) is 55.2 Å². The van der Waals surface area contributed by atoms with Gasteiger partial charge in [-0.2, -0.15) is 0 Å². The number of aromatic nitrogens is 3. The molecule has 4 heterocycles. The molecule has 3 aliphatic rings. The van der Waals surface area contributed by atoms with Gasteiger partial charge in [-0.05, 0) is 44.6 Å². The Morgan fingerprint density at radius 3 is 2.92 bits per heavy atom. The minimum atomic E-state index is 0.475. The second kappa shape index (κ2) is 8.14. The molecule has 3 atom stereocenters. The first-order chi connectivity index (χ1) is 12.3. The molecule has 2 fully saturated rings. The number of ether oxygens (including phenoxy) is 1. The second-order valence-electron chi connectivity index (χ2n) is 8.14. The summed E-state index contributed by atoms with van der Waals surface area (Å²) in [5.41, 5.74) is 0. The highest BCUT2D eigenvalue weighted by Gasteiger charge is 2.28. The van der Waals surface area contributed by atoms with Crippen molar-refractivity contribution >= 4 is 0 Å². The molecule has 2 saturated heterocycles. The van der Waals surface area contributed by atoms with Gasteiger partial charge in [-0.3, -0.25) is 0 Å². The average molecular weight is 348 g/mol. The zero-order valence-electron chi connectivity index (χ0n) is 15.6. The third-order valence-corrected chi connectivity index (χ3v) is 6.18. The highest BCUT2D eigenvalue weighted by atomic mass is 16.5. The fraction of sp³-hybridized carbons (Fsp3) is 0.895. The van der Waals surface area contributed by atoms with Gasteiger partial charge in [0.05, 0.1) is 12.6 Å². The van der Waals surface area contributed by atoms with Crippen LogP contribution in [0, 0.1) is 5.92 Å². The number of hydrogen-bond donors (Lipinski definition) is 1. The van der Waals surface area contributed by atoms with E-state index in [1.165, 1.54) is 57.4 Å². The molecule has 1 aromatic rings. The van der Waals surface area contributed by atoms with Crippen molar-refractivity contribution in [1.29, 1.82) is 0 Å². The SMILES string of the molecule is C[C@@H]1CN(C[C@H]2CCCO2)CC[C@H]1NCc1nnc2n1CCCCC2. The van der Waals surface area contributed by atoms with E-state index in [1.807, 2.05) is 0 Å². The molecule has 140 valence electrons. The second-order valence-corrected chi connectivity index (χ2v) is 8.14. The Morgan fingerprint density at radius 1 is 1.12 bits per heavy atom. The Kier molecular flexibility index (Phi) is 5.68. The summed E-state index contributed by atoms with van der Waals surface area (Å²) in [7, 11) is 0. The van der Waals surface area contributed by atoms with E-state index in [0.717, 1.165) is 38.5 Å². The fourth-order valence-corrected chi connectivity index (χ4v) is 4.68. The Labute approximate surface area is 151 Å². The van der Waals surface area contributed by atoms with Gasteiger partial charge in [-0.25, -0.2) is 0 Å². The van der Waals surface area contributed by atoms with Crippen molar-refractivity contribution in [3.05, 3.63) is 11.6 Å². The highest BCUT2D eigenvalue weighted by Crippen LogP contribution is 2.21. The van der Waals surface area contributed by atoms with Crippen molar-refractivity contribution in [2.24, 2.45) is 5.92 Å². The first kappa shape index (κ1) is 17.4. The molecular weight excluding hydrogens is 314 g/mol. The third kappa shape index (κ3) is 4.23. The average Bonchev–Trinajstić information content (AvgIpc) is 3.19. The summed E-state index contributed by atoms with van der Waals surface area (Å²) in [6.45, 7) is 8.76. The molecule has 0 aliphatic carbocycles. The van der Waals surface area contributed by atoms with E-state index in [0.29, 0.717) is 18.1 Å². The van der Waals surface area contributed by atoms with Crippen LogP contribution in [0.4, 0.5) is 0 Å². The molecule has 4 rings (SSSR count). The van der Waals surface area contributed by atoms with E-state index in [9.17, 15) is 0 Å². The van der Waals surface area contributed by atoms with Crippen LogP contribution in [-0.4, -0.2) is 58.1 Å². The van der Waals surface area contributed by atoms with E-state index in [1.54, 1.807) is 0 Å². The van der Waals surface area contributed by atoms with Crippen LogP contribution in [0.1, 0.15) is 57.1 Å². The predicted octanol–water partition coefficient (Wildman–Crippen LogP) is 1.98. The molecular formula is C19H33N5O. The maximum atomic E-state index is 5.80. The van der Waals surface area contributed by atoms with E-state index in [-0.39, 0.29) is 0 Å². The Bertz CT molecular complexity index is 554. The summed E-state index contributed by atoms with van der Waals surface area (Å²) in [5, 5.41) is 12.7. The summed E-state index contributed by atoms with van der Waals surface area (Å²) in [5.74, 6) is 2.99. The summed E-state index contributed by atoms with van der Waals surface area (Å²) >= 11 is 0. The van der Waals surface area contributed by atoms with Crippen molar-refractivity contribution in [2.75, 3.05) is 26.2 Å². The normalized spacial score (nSPS) is 31.0. The summed E-state index contributed by atoms with van der Waals surface area (Å²) in [4.78, 5) is 2.60. The van der Waals surface area contributed by atoms with Crippen LogP contribution in [0.5, 0.6) is 0 Å². The first-order valence-electron chi connectivity index (χ1n) is 10.3. The van der Waals surface area contributed by atoms with Gasteiger partial charge < -0.3 is 19.5 Å². The van der Waals surface area contributed by atoms with Crippen LogP contribution in [0.2, 0.25) is 0 Å². The van der Waals surface area contributed by atoms with Gasteiger partial charge in [-0.15, -0.1) is 10.2 Å². The lowest BCUT2D eigenvalue weighted by Gasteiger charge is -2.38. The molecule has 0 amide bonds. The molecule has 3 aliphatic heterocycles. The van der Waals surface area contributed by atoms with E-state index in [2.05, 4.69) is 31.9 Å². The molecule has 0 radical (unpaired) electrons. The van der Waals surface area contributed by atoms with E-state index in [4.69, 9.17) is 4.74 Å². The maximum absolute atomic E-state index is 5.80.